The van der Waals surface area contributed by atoms with Crippen molar-refractivity contribution in [3.05, 3.63) is 41.3 Å². The summed E-state index contributed by atoms with van der Waals surface area (Å²) in [6.07, 6.45) is 5.75. The van der Waals surface area contributed by atoms with Crippen molar-refractivity contribution in [2.45, 2.75) is 51.5 Å². The molecule has 1 aromatic heterocycles. The summed E-state index contributed by atoms with van der Waals surface area (Å²) in [4.78, 5) is 11.1. The summed E-state index contributed by atoms with van der Waals surface area (Å²) in [6.45, 7) is 1.58. The Hall–Kier alpha value is -2.17. The van der Waals surface area contributed by atoms with Crippen LogP contribution in [0, 0.1) is 12.7 Å². The highest BCUT2D eigenvalue weighted by Crippen LogP contribution is 2.34. The summed E-state index contributed by atoms with van der Waals surface area (Å²) in [6, 6.07) is 6.86. The molecule has 0 radical (unpaired) electrons. The smallest absolute Gasteiger partial charge is 0.325 e. The molecule has 1 heterocycles. The van der Waals surface area contributed by atoms with Gasteiger partial charge in [-0.2, -0.15) is 5.10 Å². The Morgan fingerprint density at radius 2 is 2.04 bits per heavy atom. The molecule has 1 N–H and O–H groups in total. The Balaban J connectivity index is 1.99. The average Bonchev–Trinajstić information content (AvgIpc) is 2.94. The summed E-state index contributed by atoms with van der Waals surface area (Å²) in [5.41, 5.74) is 3.10. The van der Waals surface area contributed by atoms with E-state index in [1.807, 2.05) is 6.07 Å². The molecule has 1 saturated carbocycles. The molecular weight excluding hydrogens is 295 g/mol. The SMILES string of the molecule is Cc1cc(-c2cc(C3CCCCC3)n(CC(=O)O)n2)ccc1F. The number of hydrogen-bond acceptors (Lipinski definition) is 2. The Morgan fingerprint density at radius 1 is 1.30 bits per heavy atom. The molecule has 122 valence electrons. The predicted octanol–water partition coefficient (Wildman–Crippen LogP) is 4.13. The number of rotatable bonds is 4. The number of aryl methyl sites for hydroxylation is 1. The van der Waals surface area contributed by atoms with E-state index in [0.717, 1.165) is 29.8 Å². The molecule has 3 rings (SSSR count). The second-order valence-electron chi connectivity index (χ2n) is 6.30. The van der Waals surface area contributed by atoms with E-state index in [4.69, 9.17) is 5.11 Å². The second kappa shape index (κ2) is 6.52. The number of benzene rings is 1. The maximum Gasteiger partial charge on any atom is 0.325 e. The van der Waals surface area contributed by atoms with E-state index < -0.39 is 5.97 Å². The first-order valence-electron chi connectivity index (χ1n) is 8.10. The van der Waals surface area contributed by atoms with Crippen molar-refractivity contribution in [1.29, 1.82) is 0 Å². The summed E-state index contributed by atoms with van der Waals surface area (Å²) in [5, 5.41) is 13.6. The molecule has 1 aliphatic carbocycles. The molecule has 0 spiro atoms. The summed E-state index contributed by atoms with van der Waals surface area (Å²) in [7, 11) is 0. The first-order valence-corrected chi connectivity index (χ1v) is 8.10. The third-order valence-electron chi connectivity index (χ3n) is 4.57. The van der Waals surface area contributed by atoms with Gasteiger partial charge >= 0.3 is 5.97 Å². The molecule has 0 aliphatic heterocycles. The lowest BCUT2D eigenvalue weighted by atomic mass is 9.86. The van der Waals surface area contributed by atoms with Crippen molar-refractivity contribution in [2.24, 2.45) is 0 Å². The largest absolute Gasteiger partial charge is 0.480 e. The summed E-state index contributed by atoms with van der Waals surface area (Å²) >= 11 is 0. The van der Waals surface area contributed by atoms with Crippen LogP contribution >= 0.6 is 0 Å². The zero-order valence-corrected chi connectivity index (χ0v) is 13.3. The van der Waals surface area contributed by atoms with Crippen molar-refractivity contribution in [1.82, 2.24) is 9.78 Å². The van der Waals surface area contributed by atoms with Gasteiger partial charge in [-0.05, 0) is 49.6 Å². The van der Waals surface area contributed by atoms with Crippen LogP contribution in [0.15, 0.2) is 24.3 Å². The third kappa shape index (κ3) is 3.44. The van der Waals surface area contributed by atoms with Gasteiger partial charge in [0.1, 0.15) is 12.4 Å². The third-order valence-corrected chi connectivity index (χ3v) is 4.57. The monoisotopic (exact) mass is 316 g/mol. The molecule has 2 aromatic rings. The quantitative estimate of drug-likeness (QED) is 0.922. The number of hydrogen-bond donors (Lipinski definition) is 1. The van der Waals surface area contributed by atoms with Crippen LogP contribution in [0.5, 0.6) is 0 Å². The van der Waals surface area contributed by atoms with Crippen molar-refractivity contribution in [3.8, 4) is 11.3 Å². The zero-order valence-electron chi connectivity index (χ0n) is 13.3. The highest BCUT2D eigenvalue weighted by atomic mass is 19.1. The Bertz CT molecular complexity index is 718. The normalized spacial score (nSPS) is 15.7. The van der Waals surface area contributed by atoms with Crippen LogP contribution in [0.4, 0.5) is 4.39 Å². The van der Waals surface area contributed by atoms with E-state index in [0.29, 0.717) is 11.5 Å². The van der Waals surface area contributed by atoms with Crippen molar-refractivity contribution < 1.29 is 14.3 Å². The first kappa shape index (κ1) is 15.7. The van der Waals surface area contributed by atoms with Gasteiger partial charge in [0.25, 0.3) is 0 Å². The maximum atomic E-state index is 13.5. The fourth-order valence-electron chi connectivity index (χ4n) is 3.36. The average molecular weight is 316 g/mol. The standard InChI is InChI=1S/C18H21FN2O2/c1-12-9-14(7-8-15(12)19)16-10-17(13-5-3-2-4-6-13)21(20-16)11-18(22)23/h7-10,13H,2-6,11H2,1H3,(H,22,23). The van der Waals surface area contributed by atoms with Gasteiger partial charge in [0.2, 0.25) is 0 Å². The molecule has 1 aliphatic rings. The summed E-state index contributed by atoms with van der Waals surface area (Å²) in [5.74, 6) is -0.774. The van der Waals surface area contributed by atoms with Crippen LogP contribution in [-0.2, 0) is 11.3 Å². The number of aromatic nitrogens is 2. The van der Waals surface area contributed by atoms with Gasteiger partial charge in [0.05, 0.1) is 5.69 Å². The van der Waals surface area contributed by atoms with Crippen molar-refractivity contribution >= 4 is 5.97 Å². The molecule has 1 fully saturated rings. The predicted molar refractivity (Wildman–Crippen MR) is 85.8 cm³/mol. The topological polar surface area (TPSA) is 55.1 Å². The van der Waals surface area contributed by atoms with Crippen LogP contribution in [-0.4, -0.2) is 20.9 Å². The number of carboxylic acids is 1. The molecule has 0 amide bonds. The molecule has 1 aromatic carbocycles. The van der Waals surface area contributed by atoms with Gasteiger partial charge in [-0.15, -0.1) is 0 Å². The highest BCUT2D eigenvalue weighted by Gasteiger charge is 2.22. The van der Waals surface area contributed by atoms with E-state index in [9.17, 15) is 9.18 Å². The number of halogens is 1. The fraction of sp³-hybridized carbons (Fsp3) is 0.444. The number of nitrogens with zero attached hydrogens (tertiary/aromatic N) is 2. The van der Waals surface area contributed by atoms with Gasteiger partial charge in [-0.3, -0.25) is 9.48 Å². The Morgan fingerprint density at radius 3 is 2.70 bits per heavy atom. The Labute approximate surface area is 134 Å². The molecule has 0 unspecified atom stereocenters. The molecule has 0 bridgehead atoms. The van der Waals surface area contributed by atoms with Gasteiger partial charge in [0.15, 0.2) is 0 Å². The fourth-order valence-corrected chi connectivity index (χ4v) is 3.36. The lowest BCUT2D eigenvalue weighted by molar-refractivity contribution is -0.137. The zero-order chi connectivity index (χ0) is 16.4. The van der Waals surface area contributed by atoms with E-state index >= 15 is 0 Å². The minimum Gasteiger partial charge on any atom is -0.480 e. The molecule has 4 nitrogen and oxygen atoms in total. The van der Waals surface area contributed by atoms with E-state index in [1.165, 1.54) is 25.3 Å². The van der Waals surface area contributed by atoms with Gasteiger partial charge < -0.3 is 5.11 Å². The molecule has 0 saturated heterocycles. The summed E-state index contributed by atoms with van der Waals surface area (Å²) < 4.78 is 15.1. The van der Waals surface area contributed by atoms with E-state index in [-0.39, 0.29) is 12.4 Å². The van der Waals surface area contributed by atoms with Crippen molar-refractivity contribution in [2.75, 3.05) is 0 Å². The van der Waals surface area contributed by atoms with E-state index in [1.54, 1.807) is 23.7 Å². The molecule has 5 heteroatoms. The Kier molecular flexibility index (Phi) is 4.46. The van der Waals surface area contributed by atoms with Crippen molar-refractivity contribution in [3.63, 3.8) is 0 Å². The molecular formula is C18H21FN2O2. The van der Waals surface area contributed by atoms with Crippen LogP contribution < -0.4 is 0 Å². The van der Waals surface area contributed by atoms with Crippen LogP contribution in [0.25, 0.3) is 11.3 Å². The van der Waals surface area contributed by atoms with Gasteiger partial charge in [0, 0.05) is 17.2 Å². The van der Waals surface area contributed by atoms with E-state index in [2.05, 4.69) is 5.10 Å². The van der Waals surface area contributed by atoms with Gasteiger partial charge in [-0.1, -0.05) is 19.3 Å². The first-order chi connectivity index (χ1) is 11.0. The number of carboxylic acid groups (broad SMARTS) is 1. The van der Waals surface area contributed by atoms with Gasteiger partial charge in [-0.25, -0.2) is 4.39 Å². The minimum absolute atomic E-state index is 0.133. The lowest BCUT2D eigenvalue weighted by Gasteiger charge is -2.22. The molecule has 0 atom stereocenters. The minimum atomic E-state index is -0.896. The number of carbonyl (C=O) groups is 1. The molecule has 23 heavy (non-hydrogen) atoms. The van der Waals surface area contributed by atoms with Crippen LogP contribution in [0.1, 0.15) is 49.3 Å². The van der Waals surface area contributed by atoms with Crippen LogP contribution in [0.3, 0.4) is 0 Å². The number of aliphatic carboxylic acids is 1. The lowest BCUT2D eigenvalue weighted by Crippen LogP contribution is -2.16. The maximum absolute atomic E-state index is 13.5. The highest BCUT2D eigenvalue weighted by molar-refractivity contribution is 5.67. The second-order valence-corrected chi connectivity index (χ2v) is 6.30. The van der Waals surface area contributed by atoms with Crippen LogP contribution in [0.2, 0.25) is 0 Å².